The van der Waals surface area contributed by atoms with Crippen molar-refractivity contribution in [2.24, 2.45) is 0 Å². The van der Waals surface area contributed by atoms with Gasteiger partial charge in [-0.25, -0.2) is 0 Å². The third kappa shape index (κ3) is 5.87. The topological polar surface area (TPSA) is 46.6 Å². The highest BCUT2D eigenvalue weighted by Crippen LogP contribution is 2.11. The lowest BCUT2D eigenvalue weighted by atomic mass is 10.1. The van der Waals surface area contributed by atoms with Gasteiger partial charge in [0, 0.05) is 24.5 Å². The molecule has 0 saturated carbocycles. The van der Waals surface area contributed by atoms with E-state index < -0.39 is 0 Å². The molecule has 104 valence electrons. The van der Waals surface area contributed by atoms with Crippen molar-refractivity contribution < 1.29 is 14.3 Å². The quantitative estimate of drug-likeness (QED) is 0.754. The summed E-state index contributed by atoms with van der Waals surface area (Å²) in [6.45, 7) is 0.641. The van der Waals surface area contributed by atoms with E-state index in [4.69, 9.17) is 0 Å². The molecule has 4 nitrogen and oxygen atoms in total. The van der Waals surface area contributed by atoms with Gasteiger partial charge in [-0.1, -0.05) is 28.1 Å². The van der Waals surface area contributed by atoms with E-state index >= 15 is 0 Å². The molecule has 0 atom stereocenters. The van der Waals surface area contributed by atoms with E-state index in [0.29, 0.717) is 6.54 Å². The molecule has 0 bridgehead atoms. The average Bonchev–Trinajstić information content (AvgIpc) is 2.43. The monoisotopic (exact) mass is 327 g/mol. The summed E-state index contributed by atoms with van der Waals surface area (Å²) in [6.07, 6.45) is 1.13. The highest BCUT2D eigenvalue weighted by Gasteiger charge is 2.11. The molecule has 0 aliphatic rings. The molecule has 1 aromatic carbocycles. The molecule has 0 fully saturated rings. The van der Waals surface area contributed by atoms with Gasteiger partial charge in [0.2, 0.25) is 5.91 Å². The van der Waals surface area contributed by atoms with Crippen LogP contribution in [0.15, 0.2) is 28.7 Å². The molecule has 0 saturated heterocycles. The van der Waals surface area contributed by atoms with Gasteiger partial charge in [0.15, 0.2) is 0 Å². The summed E-state index contributed by atoms with van der Waals surface area (Å²) in [5.74, 6) is -0.392. The van der Waals surface area contributed by atoms with E-state index in [0.717, 1.165) is 10.9 Å². The second-order valence-corrected chi connectivity index (χ2v) is 5.18. The first-order valence-electron chi connectivity index (χ1n) is 6.08. The molecule has 5 heteroatoms. The van der Waals surface area contributed by atoms with Gasteiger partial charge in [-0.2, -0.15) is 0 Å². The summed E-state index contributed by atoms with van der Waals surface area (Å²) in [7, 11) is 3.07. The Morgan fingerprint density at radius 3 is 2.42 bits per heavy atom. The Morgan fingerprint density at radius 1 is 1.21 bits per heavy atom. The van der Waals surface area contributed by atoms with Crippen molar-refractivity contribution in [1.82, 2.24) is 4.90 Å². The Morgan fingerprint density at radius 2 is 1.84 bits per heavy atom. The number of nitrogens with zero attached hydrogens (tertiary/aromatic N) is 1. The van der Waals surface area contributed by atoms with E-state index in [2.05, 4.69) is 20.7 Å². The van der Waals surface area contributed by atoms with Gasteiger partial charge >= 0.3 is 5.97 Å². The molecular weight excluding hydrogens is 310 g/mol. The summed E-state index contributed by atoms with van der Waals surface area (Å²) in [4.78, 5) is 24.3. The lowest BCUT2D eigenvalue weighted by Crippen LogP contribution is -2.29. The molecule has 1 rings (SSSR count). The normalized spacial score (nSPS) is 10.1. The number of hydrogen-bond acceptors (Lipinski definition) is 3. The molecule has 0 aromatic heterocycles. The highest BCUT2D eigenvalue weighted by atomic mass is 79.9. The van der Waals surface area contributed by atoms with E-state index in [1.165, 1.54) is 12.7 Å². The van der Waals surface area contributed by atoms with Gasteiger partial charge in [0.05, 0.1) is 13.5 Å². The lowest BCUT2D eigenvalue weighted by Gasteiger charge is -2.16. The van der Waals surface area contributed by atoms with Crippen molar-refractivity contribution >= 4 is 27.8 Å². The van der Waals surface area contributed by atoms with Crippen LogP contribution in [0.1, 0.15) is 18.4 Å². The minimum absolute atomic E-state index is 0.0393. The molecule has 1 aromatic rings. The van der Waals surface area contributed by atoms with Gasteiger partial charge in [0.25, 0.3) is 0 Å². The fraction of sp³-hybridized carbons (Fsp3) is 0.429. The summed E-state index contributed by atoms with van der Waals surface area (Å²) in [5.41, 5.74) is 1.18. The molecule has 0 N–H and O–H groups in total. The zero-order valence-corrected chi connectivity index (χ0v) is 12.8. The van der Waals surface area contributed by atoms with Crippen molar-refractivity contribution in [2.45, 2.75) is 19.3 Å². The molecule has 0 aliphatic carbocycles. The Labute approximate surface area is 121 Å². The Balaban J connectivity index is 2.34. The molecule has 0 spiro atoms. The standard InChI is InChI=1S/C14H18BrNO3/c1-16(13(17)7-8-14(18)19-2)10-9-11-3-5-12(15)6-4-11/h3-6H,7-10H2,1-2H3. The van der Waals surface area contributed by atoms with Crippen LogP contribution in [0.25, 0.3) is 0 Å². The number of rotatable bonds is 6. The van der Waals surface area contributed by atoms with Crippen molar-refractivity contribution in [3.8, 4) is 0 Å². The summed E-state index contributed by atoms with van der Waals surface area (Å²) >= 11 is 3.38. The number of amides is 1. The SMILES string of the molecule is COC(=O)CCC(=O)N(C)CCc1ccc(Br)cc1. The molecule has 0 unspecified atom stereocenters. The van der Waals surface area contributed by atoms with Crippen LogP contribution in [0.5, 0.6) is 0 Å². The van der Waals surface area contributed by atoms with Crippen molar-refractivity contribution in [2.75, 3.05) is 20.7 Å². The number of hydrogen-bond donors (Lipinski definition) is 0. The third-order valence-corrected chi connectivity index (χ3v) is 3.37. The smallest absolute Gasteiger partial charge is 0.306 e. The lowest BCUT2D eigenvalue weighted by molar-refractivity contribution is -0.143. The van der Waals surface area contributed by atoms with Crippen molar-refractivity contribution in [3.63, 3.8) is 0 Å². The van der Waals surface area contributed by atoms with Gasteiger partial charge in [-0.05, 0) is 24.1 Å². The number of carbonyl (C=O) groups excluding carboxylic acids is 2. The Hall–Kier alpha value is -1.36. The minimum atomic E-state index is -0.352. The van der Waals surface area contributed by atoms with Gasteiger partial charge in [-0.3, -0.25) is 9.59 Å². The van der Waals surface area contributed by atoms with Crippen molar-refractivity contribution in [3.05, 3.63) is 34.3 Å². The van der Waals surface area contributed by atoms with Crippen LogP contribution in [-0.4, -0.2) is 37.5 Å². The van der Waals surface area contributed by atoms with Crippen LogP contribution in [-0.2, 0) is 20.7 Å². The molecular formula is C14H18BrNO3. The van der Waals surface area contributed by atoms with Gasteiger partial charge < -0.3 is 9.64 Å². The van der Waals surface area contributed by atoms with Crippen LogP contribution >= 0.6 is 15.9 Å². The number of likely N-dealkylation sites (N-methyl/N-ethyl adjacent to an activating group) is 1. The predicted octanol–water partition coefficient (Wildman–Crippen LogP) is 2.40. The number of esters is 1. The van der Waals surface area contributed by atoms with E-state index in [-0.39, 0.29) is 24.7 Å². The first-order valence-corrected chi connectivity index (χ1v) is 6.87. The highest BCUT2D eigenvalue weighted by molar-refractivity contribution is 9.10. The zero-order chi connectivity index (χ0) is 14.3. The summed E-state index contributed by atoms with van der Waals surface area (Å²) < 4.78 is 5.55. The van der Waals surface area contributed by atoms with Crippen LogP contribution in [0.2, 0.25) is 0 Å². The van der Waals surface area contributed by atoms with Crippen LogP contribution in [0.4, 0.5) is 0 Å². The van der Waals surface area contributed by atoms with E-state index in [1.807, 2.05) is 24.3 Å². The summed E-state index contributed by atoms with van der Waals surface area (Å²) in [6, 6.07) is 8.01. The average molecular weight is 328 g/mol. The van der Waals surface area contributed by atoms with Crippen LogP contribution in [0.3, 0.4) is 0 Å². The number of halogens is 1. The maximum atomic E-state index is 11.7. The second-order valence-electron chi connectivity index (χ2n) is 4.27. The maximum Gasteiger partial charge on any atom is 0.306 e. The summed E-state index contributed by atoms with van der Waals surface area (Å²) in [5, 5.41) is 0. The van der Waals surface area contributed by atoms with Crippen LogP contribution in [0, 0.1) is 0 Å². The largest absolute Gasteiger partial charge is 0.469 e. The van der Waals surface area contributed by atoms with Crippen molar-refractivity contribution in [1.29, 1.82) is 0 Å². The van der Waals surface area contributed by atoms with E-state index in [1.54, 1.807) is 11.9 Å². The number of ether oxygens (including phenoxy) is 1. The number of benzene rings is 1. The minimum Gasteiger partial charge on any atom is -0.469 e. The van der Waals surface area contributed by atoms with Crippen LogP contribution < -0.4 is 0 Å². The maximum absolute atomic E-state index is 11.7. The molecule has 1 amide bonds. The number of methoxy groups -OCH3 is 1. The molecule has 0 radical (unpaired) electrons. The second kappa shape index (κ2) is 7.94. The fourth-order valence-corrected chi connectivity index (χ4v) is 1.84. The molecule has 0 aliphatic heterocycles. The predicted molar refractivity (Wildman–Crippen MR) is 76.7 cm³/mol. The first kappa shape index (κ1) is 15.7. The van der Waals surface area contributed by atoms with E-state index in [9.17, 15) is 9.59 Å². The van der Waals surface area contributed by atoms with Gasteiger partial charge in [0.1, 0.15) is 0 Å². The Kier molecular flexibility index (Phi) is 6.56. The zero-order valence-electron chi connectivity index (χ0n) is 11.2. The molecule has 19 heavy (non-hydrogen) atoms. The molecule has 0 heterocycles. The number of carbonyl (C=O) groups is 2. The first-order chi connectivity index (χ1) is 9.02. The third-order valence-electron chi connectivity index (χ3n) is 2.85. The van der Waals surface area contributed by atoms with Gasteiger partial charge in [-0.15, -0.1) is 0 Å². The Bertz CT molecular complexity index is 431. The fourth-order valence-electron chi connectivity index (χ4n) is 1.57.